The molecule has 3 heterocycles. The fourth-order valence-electron chi connectivity index (χ4n) is 4.16. The number of nitrogens with two attached hydrogens (primary N) is 1. The Morgan fingerprint density at radius 3 is 2.48 bits per heavy atom. The number of carbonyl (C=O) groups is 1. The van der Waals surface area contributed by atoms with E-state index in [0.29, 0.717) is 28.8 Å². The lowest BCUT2D eigenvalue weighted by Crippen LogP contribution is -2.51. The summed E-state index contributed by atoms with van der Waals surface area (Å²) >= 11 is 5.98. The van der Waals surface area contributed by atoms with E-state index in [-0.39, 0.29) is 6.03 Å². The lowest BCUT2D eigenvalue weighted by Gasteiger charge is -2.33. The molecule has 1 unspecified atom stereocenters. The molecular formula is C23H30ClN5O2. The molecular weight excluding hydrogens is 414 g/mol. The summed E-state index contributed by atoms with van der Waals surface area (Å²) in [4.78, 5) is 19.1. The largest absolute Gasteiger partial charge is 0.457 e. The van der Waals surface area contributed by atoms with E-state index in [1.807, 2.05) is 36.4 Å². The van der Waals surface area contributed by atoms with Gasteiger partial charge in [0.15, 0.2) is 11.4 Å². The Labute approximate surface area is 188 Å². The van der Waals surface area contributed by atoms with E-state index in [2.05, 4.69) is 28.7 Å². The van der Waals surface area contributed by atoms with Gasteiger partial charge in [0.05, 0.1) is 5.70 Å². The maximum absolute atomic E-state index is 12.6. The Balaban J connectivity index is 1.42. The van der Waals surface area contributed by atoms with Gasteiger partial charge in [-0.05, 0) is 62.8 Å². The molecule has 2 amide bonds. The van der Waals surface area contributed by atoms with Crippen molar-refractivity contribution < 1.29 is 9.21 Å². The van der Waals surface area contributed by atoms with Crippen molar-refractivity contribution in [2.45, 2.75) is 18.5 Å². The van der Waals surface area contributed by atoms with E-state index in [1.165, 1.54) is 0 Å². The van der Waals surface area contributed by atoms with Crippen molar-refractivity contribution in [3.63, 3.8) is 0 Å². The van der Waals surface area contributed by atoms with Crippen molar-refractivity contribution in [3.8, 4) is 11.3 Å². The average molecular weight is 444 g/mol. The number of furan rings is 1. The number of amides is 2. The standard InChI is InChI=1S/C23H30ClN5O2/c1-17-23(25,21-10-9-20(31-21)18-5-7-19(24)8-6-18)29(22(30)26-17)12-4-3-11-28-15-13-27(2)14-16-28/h5-10H,1,3-4,11-16,25H2,2H3,(H,26,30). The third-order valence-corrected chi connectivity index (χ3v) is 6.45. The first kappa shape index (κ1) is 21.9. The number of nitrogens with zero attached hydrogens (tertiary/aromatic N) is 3. The highest BCUT2D eigenvalue weighted by Gasteiger charge is 2.49. The first-order valence-corrected chi connectivity index (χ1v) is 11.1. The van der Waals surface area contributed by atoms with Gasteiger partial charge < -0.3 is 19.5 Å². The summed E-state index contributed by atoms with van der Waals surface area (Å²) in [6.45, 7) is 9.97. The third-order valence-electron chi connectivity index (χ3n) is 6.20. The molecule has 0 radical (unpaired) electrons. The highest BCUT2D eigenvalue weighted by atomic mass is 35.5. The number of unbranched alkanes of at least 4 members (excludes halogenated alkanes) is 1. The van der Waals surface area contributed by atoms with Gasteiger partial charge in [-0.3, -0.25) is 10.6 Å². The van der Waals surface area contributed by atoms with Gasteiger partial charge in [-0.2, -0.15) is 0 Å². The molecule has 0 bridgehead atoms. The Bertz CT molecular complexity index is 936. The monoisotopic (exact) mass is 443 g/mol. The Hall–Kier alpha value is -2.32. The smallest absolute Gasteiger partial charge is 0.323 e. The molecule has 2 fully saturated rings. The van der Waals surface area contributed by atoms with Crippen LogP contribution in [-0.4, -0.2) is 67.0 Å². The molecule has 0 aliphatic carbocycles. The van der Waals surface area contributed by atoms with Crippen LogP contribution >= 0.6 is 11.6 Å². The number of hydrogen-bond donors (Lipinski definition) is 2. The number of piperazine rings is 1. The lowest BCUT2D eigenvalue weighted by molar-refractivity contribution is 0.138. The number of urea groups is 1. The number of rotatable bonds is 7. The Kier molecular flexibility index (Phi) is 6.39. The third kappa shape index (κ3) is 4.50. The van der Waals surface area contributed by atoms with E-state index in [1.54, 1.807) is 4.90 Å². The number of likely N-dealkylation sites (N-methyl/N-ethyl adjacent to an activating group) is 1. The molecule has 8 heteroatoms. The summed E-state index contributed by atoms with van der Waals surface area (Å²) in [6.07, 6.45) is 1.86. The van der Waals surface area contributed by atoms with E-state index in [0.717, 1.165) is 51.1 Å². The highest BCUT2D eigenvalue weighted by molar-refractivity contribution is 6.30. The van der Waals surface area contributed by atoms with Crippen LogP contribution in [0.1, 0.15) is 18.6 Å². The minimum Gasteiger partial charge on any atom is -0.457 e. The molecule has 0 saturated carbocycles. The van der Waals surface area contributed by atoms with Crippen LogP contribution in [0.5, 0.6) is 0 Å². The second-order valence-electron chi connectivity index (χ2n) is 8.35. The van der Waals surface area contributed by atoms with Crippen molar-refractivity contribution in [2.24, 2.45) is 5.73 Å². The van der Waals surface area contributed by atoms with E-state index in [4.69, 9.17) is 21.8 Å². The van der Waals surface area contributed by atoms with Crippen LogP contribution in [0.2, 0.25) is 5.02 Å². The SMILES string of the molecule is C=C1NC(=O)N(CCCCN2CCN(C)CC2)C1(N)c1ccc(-c2ccc(Cl)cc2)o1. The second-order valence-corrected chi connectivity index (χ2v) is 8.79. The van der Waals surface area contributed by atoms with Crippen LogP contribution in [-0.2, 0) is 5.66 Å². The van der Waals surface area contributed by atoms with Crippen molar-refractivity contribution in [2.75, 3.05) is 46.3 Å². The number of carbonyl (C=O) groups excluding carboxylic acids is 1. The molecule has 1 aromatic heterocycles. The van der Waals surface area contributed by atoms with Crippen molar-refractivity contribution in [1.82, 2.24) is 20.0 Å². The molecule has 166 valence electrons. The summed E-state index contributed by atoms with van der Waals surface area (Å²) in [5.41, 5.74) is 6.83. The molecule has 1 atom stereocenters. The van der Waals surface area contributed by atoms with Gasteiger partial charge >= 0.3 is 6.03 Å². The lowest BCUT2D eigenvalue weighted by atomic mass is 10.0. The maximum atomic E-state index is 12.6. The zero-order valence-corrected chi connectivity index (χ0v) is 18.7. The fourth-order valence-corrected chi connectivity index (χ4v) is 4.29. The van der Waals surface area contributed by atoms with Crippen LogP contribution in [0.3, 0.4) is 0 Å². The predicted molar refractivity (Wildman–Crippen MR) is 123 cm³/mol. The number of halogens is 1. The quantitative estimate of drug-likeness (QED) is 0.642. The molecule has 2 aliphatic rings. The first-order chi connectivity index (χ1) is 14.9. The normalized spacial score (nSPS) is 22.9. The summed E-state index contributed by atoms with van der Waals surface area (Å²) < 4.78 is 6.08. The van der Waals surface area contributed by atoms with Gasteiger partial charge in [-0.25, -0.2) is 4.79 Å². The van der Waals surface area contributed by atoms with Gasteiger partial charge in [0.25, 0.3) is 0 Å². The van der Waals surface area contributed by atoms with Gasteiger partial charge in [0, 0.05) is 43.3 Å². The molecule has 3 N–H and O–H groups in total. The van der Waals surface area contributed by atoms with Gasteiger partial charge in [0.2, 0.25) is 0 Å². The molecule has 7 nitrogen and oxygen atoms in total. The first-order valence-electron chi connectivity index (χ1n) is 10.7. The summed E-state index contributed by atoms with van der Waals surface area (Å²) in [5, 5.41) is 3.44. The molecule has 2 aliphatic heterocycles. The molecule has 0 spiro atoms. The van der Waals surface area contributed by atoms with Crippen LogP contribution in [0.25, 0.3) is 11.3 Å². The van der Waals surface area contributed by atoms with Crippen molar-refractivity contribution in [3.05, 3.63) is 59.5 Å². The number of nitrogens with one attached hydrogen (secondary N) is 1. The van der Waals surface area contributed by atoms with Crippen LogP contribution in [0.4, 0.5) is 4.79 Å². The van der Waals surface area contributed by atoms with E-state index >= 15 is 0 Å². The summed E-state index contributed by atoms with van der Waals surface area (Å²) in [5.74, 6) is 1.15. The molecule has 31 heavy (non-hydrogen) atoms. The topological polar surface area (TPSA) is 78.0 Å². The minimum atomic E-state index is -1.21. The van der Waals surface area contributed by atoms with Crippen LogP contribution in [0.15, 0.2) is 53.1 Å². The predicted octanol–water partition coefficient (Wildman–Crippen LogP) is 3.28. The zero-order chi connectivity index (χ0) is 22.0. The number of hydrogen-bond acceptors (Lipinski definition) is 5. The minimum absolute atomic E-state index is 0.239. The maximum Gasteiger partial charge on any atom is 0.323 e. The zero-order valence-electron chi connectivity index (χ0n) is 17.9. The van der Waals surface area contributed by atoms with Gasteiger partial charge in [-0.1, -0.05) is 18.2 Å². The summed E-state index contributed by atoms with van der Waals surface area (Å²) in [6, 6.07) is 10.8. The average Bonchev–Trinajstić information content (AvgIpc) is 3.32. The second kappa shape index (κ2) is 9.04. The Morgan fingerprint density at radius 1 is 1.10 bits per heavy atom. The van der Waals surface area contributed by atoms with E-state index in [9.17, 15) is 4.79 Å². The van der Waals surface area contributed by atoms with Gasteiger partial charge in [0.1, 0.15) is 5.76 Å². The molecule has 1 aromatic carbocycles. The highest BCUT2D eigenvalue weighted by Crippen LogP contribution is 2.37. The van der Waals surface area contributed by atoms with Gasteiger partial charge in [-0.15, -0.1) is 0 Å². The number of benzene rings is 1. The molecule has 4 rings (SSSR count). The van der Waals surface area contributed by atoms with E-state index < -0.39 is 5.66 Å². The van der Waals surface area contributed by atoms with Crippen molar-refractivity contribution in [1.29, 1.82) is 0 Å². The fraction of sp³-hybridized carbons (Fsp3) is 0.435. The Morgan fingerprint density at radius 2 is 1.77 bits per heavy atom. The molecule has 2 saturated heterocycles. The van der Waals surface area contributed by atoms with Crippen LogP contribution in [0, 0.1) is 0 Å². The van der Waals surface area contributed by atoms with Crippen molar-refractivity contribution >= 4 is 17.6 Å². The summed E-state index contributed by atoms with van der Waals surface area (Å²) in [7, 11) is 2.16. The molecule has 2 aromatic rings. The van der Waals surface area contributed by atoms with Crippen LogP contribution < -0.4 is 11.1 Å².